The molecule has 1 atom stereocenters. The van der Waals surface area contributed by atoms with Gasteiger partial charge in [-0.2, -0.15) is 0 Å². The molecule has 3 aromatic rings. The zero-order chi connectivity index (χ0) is 26.1. The molecular formula is C29H29NO6. The number of hydrogen-bond acceptors (Lipinski definition) is 6. The summed E-state index contributed by atoms with van der Waals surface area (Å²) < 4.78 is 16.5. The molecule has 0 aromatic heterocycles. The highest BCUT2D eigenvalue weighted by Gasteiger charge is 2.48. The molecule has 7 heteroatoms. The van der Waals surface area contributed by atoms with Crippen LogP contribution >= 0.6 is 0 Å². The highest BCUT2D eigenvalue weighted by molar-refractivity contribution is 6.51. The van der Waals surface area contributed by atoms with Crippen molar-refractivity contribution in [3.05, 3.63) is 88.0 Å². The number of methoxy groups -OCH3 is 3. The van der Waals surface area contributed by atoms with Crippen molar-refractivity contribution in [3.63, 3.8) is 0 Å². The van der Waals surface area contributed by atoms with Crippen molar-refractivity contribution >= 4 is 23.1 Å². The van der Waals surface area contributed by atoms with Gasteiger partial charge >= 0.3 is 0 Å². The summed E-state index contributed by atoms with van der Waals surface area (Å²) in [7, 11) is 4.49. The lowest BCUT2D eigenvalue weighted by atomic mass is 9.92. The van der Waals surface area contributed by atoms with Crippen molar-refractivity contribution in [1.82, 2.24) is 0 Å². The molecule has 3 aromatic carbocycles. The van der Waals surface area contributed by atoms with Crippen molar-refractivity contribution in [3.8, 4) is 17.2 Å². The lowest BCUT2D eigenvalue weighted by Gasteiger charge is -2.28. The number of ketones is 1. The van der Waals surface area contributed by atoms with Gasteiger partial charge in [-0.3, -0.25) is 14.5 Å². The summed E-state index contributed by atoms with van der Waals surface area (Å²) in [6.07, 6.45) is 0. The molecule has 1 fully saturated rings. The molecule has 7 nitrogen and oxygen atoms in total. The Hall–Kier alpha value is -4.26. The van der Waals surface area contributed by atoms with Crippen LogP contribution in [0.4, 0.5) is 5.69 Å². The fourth-order valence-corrected chi connectivity index (χ4v) is 4.63. The van der Waals surface area contributed by atoms with Gasteiger partial charge < -0.3 is 19.3 Å². The fraction of sp³-hybridized carbons (Fsp3) is 0.241. The normalized spacial score (nSPS) is 16.8. The van der Waals surface area contributed by atoms with Crippen molar-refractivity contribution in [2.75, 3.05) is 26.2 Å². The molecule has 1 aliphatic rings. The van der Waals surface area contributed by atoms with Crippen molar-refractivity contribution in [1.29, 1.82) is 0 Å². The van der Waals surface area contributed by atoms with E-state index in [0.29, 0.717) is 34.1 Å². The molecule has 1 saturated heterocycles. The van der Waals surface area contributed by atoms with Crippen LogP contribution in [0, 0.1) is 20.8 Å². The molecule has 0 saturated carbocycles. The first kappa shape index (κ1) is 24.9. The van der Waals surface area contributed by atoms with Gasteiger partial charge in [0, 0.05) is 11.3 Å². The maximum atomic E-state index is 13.5. The number of hydrogen-bond donors (Lipinski definition) is 1. The Labute approximate surface area is 210 Å². The van der Waals surface area contributed by atoms with Crippen LogP contribution in [0.1, 0.15) is 33.9 Å². The summed E-state index contributed by atoms with van der Waals surface area (Å²) in [5, 5.41) is 11.5. The molecule has 0 spiro atoms. The summed E-state index contributed by atoms with van der Waals surface area (Å²) in [6, 6.07) is 15.4. The van der Waals surface area contributed by atoms with Gasteiger partial charge in [-0.1, -0.05) is 35.9 Å². The van der Waals surface area contributed by atoms with Gasteiger partial charge in [0.15, 0.2) is 11.5 Å². The number of amides is 1. The van der Waals surface area contributed by atoms with Gasteiger partial charge in [-0.15, -0.1) is 0 Å². The molecule has 0 bridgehead atoms. The number of rotatable bonds is 6. The largest absolute Gasteiger partial charge is 0.507 e. The van der Waals surface area contributed by atoms with Crippen LogP contribution in [0.25, 0.3) is 5.76 Å². The molecule has 1 aliphatic heterocycles. The number of benzene rings is 3. The molecule has 1 heterocycles. The average Bonchev–Trinajstić information content (AvgIpc) is 3.14. The first-order chi connectivity index (χ1) is 17.2. The Kier molecular flexibility index (Phi) is 6.75. The van der Waals surface area contributed by atoms with Crippen LogP contribution in [-0.2, 0) is 9.59 Å². The van der Waals surface area contributed by atoms with E-state index in [0.717, 1.165) is 16.7 Å². The van der Waals surface area contributed by atoms with E-state index in [9.17, 15) is 14.7 Å². The van der Waals surface area contributed by atoms with E-state index in [-0.39, 0.29) is 11.3 Å². The predicted molar refractivity (Wildman–Crippen MR) is 138 cm³/mol. The lowest BCUT2D eigenvalue weighted by molar-refractivity contribution is -0.132. The van der Waals surface area contributed by atoms with Gasteiger partial charge in [0.1, 0.15) is 5.76 Å². The van der Waals surface area contributed by atoms with Crippen LogP contribution in [-0.4, -0.2) is 38.1 Å². The van der Waals surface area contributed by atoms with Gasteiger partial charge in [-0.05, 0) is 61.7 Å². The third-order valence-electron chi connectivity index (χ3n) is 6.47. The Morgan fingerprint density at radius 1 is 0.833 bits per heavy atom. The molecule has 0 radical (unpaired) electrons. The highest BCUT2D eigenvalue weighted by Crippen LogP contribution is 2.47. The van der Waals surface area contributed by atoms with Crippen molar-refractivity contribution in [2.45, 2.75) is 26.8 Å². The summed E-state index contributed by atoms with van der Waals surface area (Å²) in [5.41, 5.74) is 4.09. The number of anilines is 1. The van der Waals surface area contributed by atoms with Gasteiger partial charge in [-0.25, -0.2) is 0 Å². The average molecular weight is 488 g/mol. The van der Waals surface area contributed by atoms with E-state index < -0.39 is 17.7 Å². The number of ether oxygens (including phenoxy) is 3. The van der Waals surface area contributed by atoms with Crippen LogP contribution in [0.5, 0.6) is 17.2 Å². The highest BCUT2D eigenvalue weighted by atomic mass is 16.5. The molecule has 0 aliphatic carbocycles. The van der Waals surface area contributed by atoms with Crippen molar-refractivity contribution in [2.24, 2.45) is 0 Å². The minimum atomic E-state index is -0.931. The monoisotopic (exact) mass is 487 g/mol. The smallest absolute Gasteiger partial charge is 0.300 e. The Balaban J connectivity index is 2.07. The van der Waals surface area contributed by atoms with Gasteiger partial charge in [0.05, 0.1) is 32.9 Å². The molecule has 1 amide bonds. The molecule has 36 heavy (non-hydrogen) atoms. The number of aliphatic hydroxyl groups is 1. The number of nitrogens with zero attached hydrogens (tertiary/aromatic N) is 1. The van der Waals surface area contributed by atoms with E-state index in [1.807, 2.05) is 45.0 Å². The third-order valence-corrected chi connectivity index (χ3v) is 6.47. The van der Waals surface area contributed by atoms with E-state index in [2.05, 4.69) is 0 Å². The topological polar surface area (TPSA) is 85.3 Å². The SMILES string of the molecule is COc1cc(C2/C(=C(\O)c3cc(C)ccc3C)C(=O)C(=O)N2c2ccccc2C)cc(OC)c1OC. The van der Waals surface area contributed by atoms with Crippen molar-refractivity contribution < 1.29 is 28.9 Å². The quantitative estimate of drug-likeness (QED) is 0.290. The number of carbonyl (C=O) groups is 2. The molecule has 1 unspecified atom stereocenters. The lowest BCUT2D eigenvalue weighted by Crippen LogP contribution is -2.30. The molecule has 186 valence electrons. The maximum absolute atomic E-state index is 13.5. The second-order valence-electron chi connectivity index (χ2n) is 8.73. The Bertz CT molecular complexity index is 1370. The van der Waals surface area contributed by atoms with E-state index in [4.69, 9.17) is 14.2 Å². The number of Topliss-reactive ketones (excluding diaryl/α,β-unsaturated/α-hetero) is 1. The van der Waals surface area contributed by atoms with Crippen LogP contribution < -0.4 is 19.1 Å². The second-order valence-corrected chi connectivity index (χ2v) is 8.73. The third kappa shape index (κ3) is 4.06. The maximum Gasteiger partial charge on any atom is 0.300 e. The number of aryl methyl sites for hydroxylation is 3. The minimum absolute atomic E-state index is 0.00812. The van der Waals surface area contributed by atoms with Crippen LogP contribution in [0.3, 0.4) is 0 Å². The second kappa shape index (κ2) is 9.77. The Morgan fingerprint density at radius 2 is 1.47 bits per heavy atom. The summed E-state index contributed by atoms with van der Waals surface area (Å²) in [6.45, 7) is 5.62. The van der Waals surface area contributed by atoms with E-state index in [1.54, 1.807) is 30.3 Å². The summed E-state index contributed by atoms with van der Waals surface area (Å²) >= 11 is 0. The number of para-hydroxylation sites is 1. The fourth-order valence-electron chi connectivity index (χ4n) is 4.63. The first-order valence-corrected chi connectivity index (χ1v) is 11.5. The Morgan fingerprint density at radius 3 is 2.06 bits per heavy atom. The number of aliphatic hydroxyl groups excluding tert-OH is 1. The summed E-state index contributed by atoms with van der Waals surface area (Å²) in [5.74, 6) is -0.608. The van der Waals surface area contributed by atoms with Crippen LogP contribution in [0.2, 0.25) is 0 Å². The zero-order valence-corrected chi connectivity index (χ0v) is 21.2. The molecule has 1 N–H and O–H groups in total. The summed E-state index contributed by atoms with van der Waals surface area (Å²) in [4.78, 5) is 28.5. The zero-order valence-electron chi connectivity index (χ0n) is 21.2. The predicted octanol–water partition coefficient (Wildman–Crippen LogP) is 5.26. The minimum Gasteiger partial charge on any atom is -0.507 e. The van der Waals surface area contributed by atoms with Gasteiger partial charge in [0.25, 0.3) is 11.7 Å². The van der Waals surface area contributed by atoms with Gasteiger partial charge in [0.2, 0.25) is 5.75 Å². The molecular weight excluding hydrogens is 458 g/mol. The standard InChI is InChI=1S/C29H29NO6/c1-16-11-12-17(2)20(13-16)26(31)24-25(19-14-22(34-4)28(36-6)23(15-19)35-5)30(29(33)27(24)32)21-10-8-7-9-18(21)3/h7-15,25,31H,1-6H3/b26-24+. The number of carbonyl (C=O) groups excluding carboxylic acids is 2. The first-order valence-electron chi connectivity index (χ1n) is 11.5. The van der Waals surface area contributed by atoms with E-state index >= 15 is 0 Å². The molecule has 4 rings (SSSR count). The van der Waals surface area contributed by atoms with Crippen LogP contribution in [0.15, 0.2) is 60.2 Å². The van der Waals surface area contributed by atoms with E-state index in [1.165, 1.54) is 26.2 Å².